The van der Waals surface area contributed by atoms with Crippen LogP contribution in [0.1, 0.15) is 0 Å². The molecule has 3 heteroatoms. The lowest BCUT2D eigenvalue weighted by Crippen LogP contribution is -1.95. The third-order valence-electron chi connectivity index (χ3n) is 2.00. The van der Waals surface area contributed by atoms with E-state index in [4.69, 9.17) is 4.74 Å². The molecule has 0 spiro atoms. The molecule has 3 nitrogen and oxygen atoms in total. The zero-order valence-electron chi connectivity index (χ0n) is 8.31. The summed E-state index contributed by atoms with van der Waals surface area (Å²) in [7, 11) is 0. The zero-order chi connectivity index (χ0) is 10.5. The average Bonchev–Trinajstić information content (AvgIpc) is 2.80. The minimum atomic E-state index is 0.498. The highest BCUT2D eigenvalue weighted by molar-refractivity contribution is 5.63. The molecule has 0 aliphatic rings. The molecular formula is C12H12N2O. The van der Waals surface area contributed by atoms with Crippen molar-refractivity contribution < 1.29 is 4.74 Å². The van der Waals surface area contributed by atoms with Gasteiger partial charge in [-0.25, -0.2) is 4.98 Å². The summed E-state index contributed by atoms with van der Waals surface area (Å²) in [6.45, 7) is 4.12. The predicted octanol–water partition coefficient (Wildman–Crippen LogP) is 2.64. The Balaban J connectivity index is 2.34. The van der Waals surface area contributed by atoms with E-state index < -0.39 is 0 Å². The topological polar surface area (TPSA) is 37.9 Å². The number of imidazole rings is 1. The van der Waals surface area contributed by atoms with Crippen LogP contribution >= 0.6 is 0 Å². The fourth-order valence-corrected chi connectivity index (χ4v) is 1.35. The van der Waals surface area contributed by atoms with Crippen LogP contribution in [-0.2, 0) is 0 Å². The Bertz CT molecular complexity index is 435. The number of para-hydroxylation sites is 1. The molecule has 0 unspecified atom stereocenters. The van der Waals surface area contributed by atoms with E-state index in [9.17, 15) is 0 Å². The normalized spacial score (nSPS) is 9.87. The van der Waals surface area contributed by atoms with E-state index in [0.717, 1.165) is 17.1 Å². The van der Waals surface area contributed by atoms with Gasteiger partial charge in [0.15, 0.2) is 0 Å². The van der Waals surface area contributed by atoms with Gasteiger partial charge in [0.05, 0.1) is 5.56 Å². The summed E-state index contributed by atoms with van der Waals surface area (Å²) in [6, 6.07) is 7.78. The summed E-state index contributed by atoms with van der Waals surface area (Å²) < 4.78 is 5.53. The largest absolute Gasteiger partial charge is 0.489 e. The van der Waals surface area contributed by atoms with Crippen molar-refractivity contribution in [2.45, 2.75) is 0 Å². The first-order valence-corrected chi connectivity index (χ1v) is 4.74. The number of ether oxygens (including phenoxy) is 1. The van der Waals surface area contributed by atoms with Gasteiger partial charge in [-0.2, -0.15) is 0 Å². The maximum Gasteiger partial charge on any atom is 0.141 e. The maximum absolute atomic E-state index is 5.53. The first kappa shape index (κ1) is 9.52. The molecule has 0 atom stereocenters. The van der Waals surface area contributed by atoms with Crippen LogP contribution in [0.3, 0.4) is 0 Å². The standard InChI is InChI=1S/C12H12N2O/c1-2-9-15-11-6-4-3-5-10(11)12-13-7-8-14-12/h2-8H,1,9H2,(H,13,14). The lowest BCUT2D eigenvalue weighted by atomic mass is 10.2. The monoisotopic (exact) mass is 200 g/mol. The van der Waals surface area contributed by atoms with Gasteiger partial charge in [-0.3, -0.25) is 0 Å². The third kappa shape index (κ3) is 2.07. The molecule has 15 heavy (non-hydrogen) atoms. The van der Waals surface area contributed by atoms with Crippen LogP contribution in [0.4, 0.5) is 0 Å². The second-order valence-electron chi connectivity index (χ2n) is 3.03. The first-order valence-electron chi connectivity index (χ1n) is 4.74. The van der Waals surface area contributed by atoms with Crippen LogP contribution in [0.5, 0.6) is 5.75 Å². The summed E-state index contributed by atoms with van der Waals surface area (Å²) in [5.74, 6) is 1.63. The number of benzene rings is 1. The molecule has 0 aliphatic carbocycles. The molecular weight excluding hydrogens is 188 g/mol. The Labute approximate surface area is 88.4 Å². The van der Waals surface area contributed by atoms with Crippen LogP contribution in [0, 0.1) is 0 Å². The highest BCUT2D eigenvalue weighted by Crippen LogP contribution is 2.26. The van der Waals surface area contributed by atoms with Crippen LogP contribution < -0.4 is 4.74 Å². The maximum atomic E-state index is 5.53. The number of nitrogens with one attached hydrogen (secondary N) is 1. The number of hydrogen-bond acceptors (Lipinski definition) is 2. The molecule has 0 bridgehead atoms. The smallest absolute Gasteiger partial charge is 0.141 e. The summed E-state index contributed by atoms with van der Waals surface area (Å²) in [6.07, 6.45) is 5.23. The van der Waals surface area contributed by atoms with Crippen LogP contribution in [0.25, 0.3) is 11.4 Å². The molecule has 1 aromatic heterocycles. The minimum Gasteiger partial charge on any atom is -0.489 e. The van der Waals surface area contributed by atoms with E-state index in [-0.39, 0.29) is 0 Å². The minimum absolute atomic E-state index is 0.498. The number of aromatic nitrogens is 2. The van der Waals surface area contributed by atoms with Crippen molar-refractivity contribution in [1.29, 1.82) is 0 Å². The fraction of sp³-hybridized carbons (Fsp3) is 0.0833. The molecule has 0 fully saturated rings. The summed E-state index contributed by atoms with van der Waals surface area (Å²) in [5.41, 5.74) is 0.962. The highest BCUT2D eigenvalue weighted by atomic mass is 16.5. The predicted molar refractivity (Wildman–Crippen MR) is 59.7 cm³/mol. The number of H-pyrrole nitrogens is 1. The number of nitrogens with zero attached hydrogens (tertiary/aromatic N) is 1. The summed E-state index contributed by atoms with van der Waals surface area (Å²) in [4.78, 5) is 7.25. The SMILES string of the molecule is C=CCOc1ccccc1-c1ncc[nH]1. The Morgan fingerprint density at radius 2 is 2.27 bits per heavy atom. The Hall–Kier alpha value is -2.03. The third-order valence-corrected chi connectivity index (χ3v) is 2.00. The fourth-order valence-electron chi connectivity index (χ4n) is 1.35. The van der Waals surface area contributed by atoms with E-state index in [2.05, 4.69) is 16.5 Å². The van der Waals surface area contributed by atoms with Gasteiger partial charge in [0.2, 0.25) is 0 Å². The van der Waals surface area contributed by atoms with E-state index >= 15 is 0 Å². The van der Waals surface area contributed by atoms with E-state index in [1.165, 1.54) is 0 Å². The van der Waals surface area contributed by atoms with Gasteiger partial charge >= 0.3 is 0 Å². The van der Waals surface area contributed by atoms with Crippen molar-refractivity contribution in [3.63, 3.8) is 0 Å². The van der Waals surface area contributed by atoms with Crippen molar-refractivity contribution in [3.05, 3.63) is 49.3 Å². The zero-order valence-corrected chi connectivity index (χ0v) is 8.31. The number of rotatable bonds is 4. The van der Waals surface area contributed by atoms with Gasteiger partial charge in [-0.15, -0.1) is 0 Å². The molecule has 0 radical (unpaired) electrons. The van der Waals surface area contributed by atoms with Crippen molar-refractivity contribution >= 4 is 0 Å². The van der Waals surface area contributed by atoms with Crippen LogP contribution in [-0.4, -0.2) is 16.6 Å². The highest BCUT2D eigenvalue weighted by Gasteiger charge is 2.06. The van der Waals surface area contributed by atoms with Gasteiger partial charge in [-0.1, -0.05) is 24.8 Å². The van der Waals surface area contributed by atoms with Crippen molar-refractivity contribution in [2.75, 3.05) is 6.61 Å². The molecule has 0 aliphatic heterocycles. The molecule has 0 saturated heterocycles. The number of aromatic amines is 1. The summed E-state index contributed by atoms with van der Waals surface area (Å²) in [5, 5.41) is 0. The molecule has 0 amide bonds. The van der Waals surface area contributed by atoms with Gasteiger partial charge < -0.3 is 9.72 Å². The van der Waals surface area contributed by atoms with E-state index in [1.54, 1.807) is 18.5 Å². The Kier molecular flexibility index (Phi) is 2.83. The van der Waals surface area contributed by atoms with Gasteiger partial charge in [0.25, 0.3) is 0 Å². The Morgan fingerprint density at radius 3 is 3.00 bits per heavy atom. The first-order chi connectivity index (χ1) is 7.42. The Morgan fingerprint density at radius 1 is 1.40 bits per heavy atom. The quantitative estimate of drug-likeness (QED) is 0.770. The average molecular weight is 200 g/mol. The lowest BCUT2D eigenvalue weighted by Gasteiger charge is -2.07. The number of hydrogen-bond donors (Lipinski definition) is 1. The second kappa shape index (κ2) is 4.46. The molecule has 1 N–H and O–H groups in total. The molecule has 76 valence electrons. The second-order valence-corrected chi connectivity index (χ2v) is 3.03. The van der Waals surface area contributed by atoms with Crippen molar-refractivity contribution in [2.24, 2.45) is 0 Å². The molecule has 2 rings (SSSR count). The molecule has 1 aromatic carbocycles. The lowest BCUT2D eigenvalue weighted by molar-refractivity contribution is 0.364. The van der Waals surface area contributed by atoms with Gasteiger partial charge in [0, 0.05) is 12.4 Å². The van der Waals surface area contributed by atoms with Crippen LogP contribution in [0.2, 0.25) is 0 Å². The molecule has 0 saturated carbocycles. The van der Waals surface area contributed by atoms with E-state index in [1.807, 2.05) is 24.3 Å². The summed E-state index contributed by atoms with van der Waals surface area (Å²) >= 11 is 0. The van der Waals surface area contributed by atoms with Gasteiger partial charge in [0.1, 0.15) is 18.2 Å². The molecule has 1 heterocycles. The van der Waals surface area contributed by atoms with E-state index in [0.29, 0.717) is 6.61 Å². The van der Waals surface area contributed by atoms with Crippen molar-refractivity contribution in [1.82, 2.24) is 9.97 Å². The van der Waals surface area contributed by atoms with Crippen molar-refractivity contribution in [3.8, 4) is 17.1 Å². The molecule has 2 aromatic rings. The van der Waals surface area contributed by atoms with Gasteiger partial charge in [-0.05, 0) is 12.1 Å². The van der Waals surface area contributed by atoms with Crippen LogP contribution in [0.15, 0.2) is 49.3 Å².